The van der Waals surface area contributed by atoms with Gasteiger partial charge in [0.1, 0.15) is 11.8 Å². The van der Waals surface area contributed by atoms with Crippen LogP contribution in [0.25, 0.3) is 0 Å². The Morgan fingerprint density at radius 1 is 1.33 bits per heavy atom. The summed E-state index contributed by atoms with van der Waals surface area (Å²) in [6, 6.07) is 6.43. The predicted molar refractivity (Wildman–Crippen MR) is 80.3 cm³/mol. The number of carbonyl (C=O) groups is 2. The Bertz CT molecular complexity index is 485. The summed E-state index contributed by atoms with van der Waals surface area (Å²) in [7, 11) is 0. The molecule has 0 bridgehead atoms. The topological polar surface area (TPSA) is 75.6 Å². The highest BCUT2D eigenvalue weighted by molar-refractivity contribution is 5.85. The maximum atomic E-state index is 11.9. The quantitative estimate of drug-likeness (QED) is 0.770. The van der Waals surface area contributed by atoms with Crippen LogP contribution in [0.15, 0.2) is 24.3 Å². The Kier molecular flexibility index (Phi) is 6.72. The maximum Gasteiger partial charge on any atom is 0.326 e. The van der Waals surface area contributed by atoms with E-state index in [1.54, 1.807) is 19.9 Å². The molecule has 0 aliphatic heterocycles. The molecule has 2 N–H and O–H groups in total. The third-order valence-corrected chi connectivity index (χ3v) is 2.99. The number of amides is 1. The number of ether oxygens (including phenoxy) is 1. The highest BCUT2D eigenvalue weighted by Crippen LogP contribution is 2.14. The normalized spacial score (nSPS) is 12.0. The van der Waals surface area contributed by atoms with Crippen molar-refractivity contribution in [1.29, 1.82) is 0 Å². The van der Waals surface area contributed by atoms with E-state index < -0.39 is 12.0 Å². The Hall–Kier alpha value is -2.04. The van der Waals surface area contributed by atoms with E-state index >= 15 is 0 Å². The van der Waals surface area contributed by atoms with E-state index in [9.17, 15) is 9.59 Å². The zero-order valence-electron chi connectivity index (χ0n) is 12.8. The van der Waals surface area contributed by atoms with Gasteiger partial charge in [0.25, 0.3) is 0 Å². The molecular formula is C16H23NO4. The first-order valence-electron chi connectivity index (χ1n) is 7.18. The molecule has 0 aliphatic rings. The van der Waals surface area contributed by atoms with E-state index in [-0.39, 0.29) is 18.2 Å². The summed E-state index contributed by atoms with van der Waals surface area (Å²) in [5.74, 6) is -0.756. The summed E-state index contributed by atoms with van der Waals surface area (Å²) in [4.78, 5) is 23.0. The minimum absolute atomic E-state index is 0.139. The second-order valence-corrected chi connectivity index (χ2v) is 5.30. The first-order valence-corrected chi connectivity index (χ1v) is 7.18. The number of aliphatic carboxylic acids is 1. The number of carboxylic acids is 1. The number of nitrogens with one attached hydrogen (secondary N) is 1. The molecular weight excluding hydrogens is 270 g/mol. The molecule has 0 heterocycles. The summed E-state index contributed by atoms with van der Waals surface area (Å²) in [6.45, 7) is 6.18. The number of benzene rings is 1. The number of hydrogen-bond acceptors (Lipinski definition) is 3. The minimum atomic E-state index is -1.02. The molecule has 21 heavy (non-hydrogen) atoms. The highest BCUT2D eigenvalue weighted by atomic mass is 16.5. The Morgan fingerprint density at radius 2 is 2.05 bits per heavy atom. The van der Waals surface area contributed by atoms with Crippen molar-refractivity contribution in [3.63, 3.8) is 0 Å². The molecule has 1 atom stereocenters. The largest absolute Gasteiger partial charge is 0.494 e. The van der Waals surface area contributed by atoms with E-state index in [1.807, 2.05) is 25.1 Å². The maximum absolute atomic E-state index is 11.9. The lowest BCUT2D eigenvalue weighted by molar-refractivity contribution is -0.143. The van der Waals surface area contributed by atoms with Crippen LogP contribution in [0, 0.1) is 5.92 Å². The van der Waals surface area contributed by atoms with Crippen molar-refractivity contribution < 1.29 is 19.4 Å². The first kappa shape index (κ1) is 17.0. The van der Waals surface area contributed by atoms with Crippen LogP contribution >= 0.6 is 0 Å². The molecule has 0 unspecified atom stereocenters. The summed E-state index contributed by atoms with van der Waals surface area (Å²) in [5, 5.41) is 11.6. The second kappa shape index (κ2) is 8.29. The van der Waals surface area contributed by atoms with Gasteiger partial charge < -0.3 is 15.2 Å². The fourth-order valence-corrected chi connectivity index (χ4v) is 1.89. The van der Waals surface area contributed by atoms with Crippen molar-refractivity contribution >= 4 is 11.9 Å². The molecule has 0 aromatic heterocycles. The van der Waals surface area contributed by atoms with Crippen LogP contribution in [-0.4, -0.2) is 29.6 Å². The zero-order chi connectivity index (χ0) is 15.8. The van der Waals surface area contributed by atoms with Crippen molar-refractivity contribution in [2.45, 2.75) is 39.7 Å². The van der Waals surface area contributed by atoms with Gasteiger partial charge >= 0.3 is 5.97 Å². The van der Waals surface area contributed by atoms with Crippen molar-refractivity contribution in [2.24, 2.45) is 5.92 Å². The molecule has 5 nitrogen and oxygen atoms in total. The van der Waals surface area contributed by atoms with Crippen LogP contribution < -0.4 is 10.1 Å². The van der Waals surface area contributed by atoms with Crippen molar-refractivity contribution in [2.75, 3.05) is 6.61 Å². The molecule has 0 fully saturated rings. The Labute approximate surface area is 125 Å². The van der Waals surface area contributed by atoms with Gasteiger partial charge in [-0.2, -0.15) is 0 Å². The first-order chi connectivity index (χ1) is 9.93. The van der Waals surface area contributed by atoms with E-state index in [0.717, 1.165) is 17.7 Å². The number of hydrogen-bond donors (Lipinski definition) is 2. The van der Waals surface area contributed by atoms with E-state index in [1.165, 1.54) is 0 Å². The van der Waals surface area contributed by atoms with E-state index in [2.05, 4.69) is 5.32 Å². The molecule has 0 spiro atoms. The van der Waals surface area contributed by atoms with Gasteiger partial charge in [-0.25, -0.2) is 4.79 Å². The van der Waals surface area contributed by atoms with Crippen LogP contribution in [-0.2, 0) is 16.0 Å². The van der Waals surface area contributed by atoms with Gasteiger partial charge in [0.2, 0.25) is 5.91 Å². The number of carbonyl (C=O) groups excluding carboxylic acids is 1. The molecule has 0 radical (unpaired) electrons. The van der Waals surface area contributed by atoms with Crippen molar-refractivity contribution in [1.82, 2.24) is 5.32 Å². The summed E-state index contributed by atoms with van der Waals surface area (Å²) >= 11 is 0. The van der Waals surface area contributed by atoms with Gasteiger partial charge in [-0.15, -0.1) is 0 Å². The molecule has 116 valence electrons. The molecule has 5 heteroatoms. The fourth-order valence-electron chi connectivity index (χ4n) is 1.89. The van der Waals surface area contributed by atoms with Gasteiger partial charge in [-0.1, -0.05) is 32.9 Å². The van der Waals surface area contributed by atoms with E-state index in [0.29, 0.717) is 6.61 Å². The van der Waals surface area contributed by atoms with Gasteiger partial charge in [0.05, 0.1) is 13.0 Å². The fraction of sp³-hybridized carbons (Fsp3) is 0.500. The lowest BCUT2D eigenvalue weighted by Crippen LogP contribution is -2.44. The van der Waals surface area contributed by atoms with E-state index in [4.69, 9.17) is 9.84 Å². The van der Waals surface area contributed by atoms with Gasteiger partial charge in [0.15, 0.2) is 0 Å². The SMILES string of the molecule is CCCOc1cccc(CC(=O)N[C@@H](C(=O)O)C(C)C)c1. The zero-order valence-corrected chi connectivity index (χ0v) is 12.8. The van der Waals surface area contributed by atoms with Crippen LogP contribution in [0.5, 0.6) is 5.75 Å². The lowest BCUT2D eigenvalue weighted by atomic mass is 10.0. The lowest BCUT2D eigenvalue weighted by Gasteiger charge is -2.18. The molecule has 1 aromatic carbocycles. The third kappa shape index (κ3) is 5.85. The Morgan fingerprint density at radius 3 is 2.62 bits per heavy atom. The van der Waals surface area contributed by atoms with Crippen molar-refractivity contribution in [3.8, 4) is 5.75 Å². The highest BCUT2D eigenvalue weighted by Gasteiger charge is 2.23. The smallest absolute Gasteiger partial charge is 0.326 e. The van der Waals surface area contributed by atoms with Crippen LogP contribution in [0.1, 0.15) is 32.8 Å². The monoisotopic (exact) mass is 293 g/mol. The van der Waals surface area contributed by atoms with Crippen molar-refractivity contribution in [3.05, 3.63) is 29.8 Å². The van der Waals surface area contributed by atoms with Crippen LogP contribution in [0.3, 0.4) is 0 Å². The molecule has 0 saturated heterocycles. The van der Waals surface area contributed by atoms with Gasteiger partial charge in [-0.3, -0.25) is 4.79 Å². The summed E-state index contributed by atoms with van der Waals surface area (Å²) in [5.41, 5.74) is 0.800. The second-order valence-electron chi connectivity index (χ2n) is 5.30. The summed E-state index contributed by atoms with van der Waals surface area (Å²) in [6.07, 6.45) is 1.05. The van der Waals surface area contributed by atoms with Crippen LogP contribution in [0.4, 0.5) is 0 Å². The third-order valence-electron chi connectivity index (χ3n) is 2.99. The van der Waals surface area contributed by atoms with Gasteiger partial charge in [0, 0.05) is 0 Å². The van der Waals surface area contributed by atoms with Gasteiger partial charge in [-0.05, 0) is 30.0 Å². The molecule has 0 aliphatic carbocycles. The predicted octanol–water partition coefficient (Wildman–Crippen LogP) is 2.24. The number of carboxylic acid groups (broad SMARTS) is 1. The Balaban J connectivity index is 2.63. The molecule has 1 amide bonds. The number of rotatable bonds is 8. The summed E-state index contributed by atoms with van der Waals surface area (Å²) < 4.78 is 5.51. The average molecular weight is 293 g/mol. The van der Waals surface area contributed by atoms with Crippen LogP contribution in [0.2, 0.25) is 0 Å². The molecule has 1 aromatic rings. The molecule has 0 saturated carbocycles. The average Bonchev–Trinajstić information content (AvgIpc) is 2.42. The minimum Gasteiger partial charge on any atom is -0.494 e. The molecule has 1 rings (SSSR count). The standard InChI is InChI=1S/C16H23NO4/c1-4-8-21-13-7-5-6-12(9-13)10-14(18)17-15(11(2)3)16(19)20/h5-7,9,11,15H,4,8,10H2,1-3H3,(H,17,18)(H,19,20)/t15-/m1/s1.